The molecule has 4 nitrogen and oxygen atoms in total. The third kappa shape index (κ3) is 4.99. The number of aromatic nitrogens is 2. The van der Waals surface area contributed by atoms with Crippen molar-refractivity contribution in [3.8, 4) is 11.3 Å². The van der Waals surface area contributed by atoms with Gasteiger partial charge in [-0.05, 0) is 54.8 Å². The Labute approximate surface area is 180 Å². The summed E-state index contributed by atoms with van der Waals surface area (Å²) in [4.78, 5) is 21.4. The fourth-order valence-electron chi connectivity index (χ4n) is 3.24. The number of rotatable bonds is 6. The van der Waals surface area contributed by atoms with Crippen molar-refractivity contribution in [2.75, 3.05) is 5.32 Å². The molecular weight excluding hydrogens is 390 g/mol. The fourth-order valence-corrected chi connectivity index (χ4v) is 4.06. The minimum atomic E-state index is -0.0123. The predicted molar refractivity (Wildman–Crippen MR) is 123 cm³/mol. The van der Waals surface area contributed by atoms with E-state index in [0.29, 0.717) is 6.42 Å². The van der Waals surface area contributed by atoms with Crippen molar-refractivity contribution in [2.24, 2.45) is 0 Å². The van der Waals surface area contributed by atoms with Crippen LogP contribution in [0.15, 0.2) is 72.4 Å². The number of amides is 1. The van der Waals surface area contributed by atoms with Gasteiger partial charge in [0, 0.05) is 35.4 Å². The Morgan fingerprint density at radius 1 is 1.07 bits per heavy atom. The molecule has 0 radical (unpaired) electrons. The molecule has 4 rings (SSSR count). The Bertz CT molecular complexity index is 1150. The normalized spacial score (nSPS) is 10.7. The molecule has 0 saturated heterocycles. The van der Waals surface area contributed by atoms with Crippen LogP contribution in [0.1, 0.15) is 27.3 Å². The molecule has 2 aromatic carbocycles. The number of nitrogens with one attached hydrogen (secondary N) is 1. The van der Waals surface area contributed by atoms with E-state index in [4.69, 9.17) is 4.98 Å². The maximum Gasteiger partial charge on any atom is 0.228 e. The zero-order valence-corrected chi connectivity index (χ0v) is 17.9. The molecular formula is C25H23N3OS. The average Bonchev–Trinajstić information content (AvgIpc) is 3.21. The molecule has 0 fully saturated rings. The number of carbonyl (C=O) groups excluding carboxylic acids is 1. The molecule has 0 atom stereocenters. The summed E-state index contributed by atoms with van der Waals surface area (Å²) in [5.74, 6) is -0.0123. The van der Waals surface area contributed by atoms with Crippen LogP contribution in [-0.2, 0) is 17.6 Å². The lowest BCUT2D eigenvalue weighted by Gasteiger charge is -2.10. The van der Waals surface area contributed by atoms with Gasteiger partial charge in [-0.15, -0.1) is 11.3 Å². The Balaban J connectivity index is 1.45. The van der Waals surface area contributed by atoms with Gasteiger partial charge in [0.2, 0.25) is 5.91 Å². The molecule has 150 valence electrons. The van der Waals surface area contributed by atoms with E-state index >= 15 is 0 Å². The topological polar surface area (TPSA) is 54.9 Å². The molecule has 0 aliphatic heterocycles. The van der Waals surface area contributed by atoms with Crippen LogP contribution >= 0.6 is 11.3 Å². The van der Waals surface area contributed by atoms with Crippen molar-refractivity contribution in [1.29, 1.82) is 0 Å². The van der Waals surface area contributed by atoms with Gasteiger partial charge in [-0.3, -0.25) is 9.78 Å². The molecule has 0 bridgehead atoms. The first-order valence-electron chi connectivity index (χ1n) is 9.86. The summed E-state index contributed by atoms with van der Waals surface area (Å²) >= 11 is 1.64. The number of hydrogen-bond acceptors (Lipinski definition) is 4. The number of nitrogens with zero attached hydrogens (tertiary/aromatic N) is 2. The van der Waals surface area contributed by atoms with Crippen LogP contribution in [0.25, 0.3) is 11.3 Å². The fraction of sp³-hybridized carbons (Fsp3) is 0.160. The summed E-state index contributed by atoms with van der Waals surface area (Å²) in [6.45, 7) is 4.13. The van der Waals surface area contributed by atoms with Crippen molar-refractivity contribution in [2.45, 2.75) is 26.7 Å². The van der Waals surface area contributed by atoms with Gasteiger partial charge >= 0.3 is 0 Å². The van der Waals surface area contributed by atoms with E-state index in [1.165, 1.54) is 11.1 Å². The van der Waals surface area contributed by atoms with Gasteiger partial charge in [0.05, 0.1) is 17.1 Å². The number of thiazole rings is 1. The Morgan fingerprint density at radius 2 is 1.90 bits per heavy atom. The van der Waals surface area contributed by atoms with Crippen LogP contribution < -0.4 is 5.32 Å². The number of anilines is 1. The van der Waals surface area contributed by atoms with Crippen LogP contribution in [0.5, 0.6) is 0 Å². The largest absolute Gasteiger partial charge is 0.326 e. The summed E-state index contributed by atoms with van der Waals surface area (Å²) in [6.07, 6.45) is 4.69. The molecule has 4 aromatic rings. The SMILES string of the molecule is Cc1ccc(CC(=O)Nc2ccc(C)c(Cc3nc(-c4cccnc4)cs3)c2)cc1. The van der Waals surface area contributed by atoms with Gasteiger partial charge in [-0.25, -0.2) is 4.98 Å². The summed E-state index contributed by atoms with van der Waals surface area (Å²) in [5, 5.41) is 6.13. The highest BCUT2D eigenvalue weighted by Crippen LogP contribution is 2.25. The minimum absolute atomic E-state index is 0.0123. The maximum atomic E-state index is 12.5. The van der Waals surface area contributed by atoms with Crippen molar-refractivity contribution in [3.05, 3.63) is 99.6 Å². The molecule has 2 heterocycles. The van der Waals surface area contributed by atoms with E-state index in [-0.39, 0.29) is 5.91 Å². The predicted octanol–water partition coefficient (Wildman–Crippen LogP) is 5.59. The third-order valence-corrected chi connectivity index (χ3v) is 5.82. The molecule has 0 aliphatic carbocycles. The van der Waals surface area contributed by atoms with Gasteiger partial charge in [0.1, 0.15) is 0 Å². The number of pyridine rings is 1. The van der Waals surface area contributed by atoms with Gasteiger partial charge in [-0.2, -0.15) is 0 Å². The number of carbonyl (C=O) groups is 1. The second kappa shape index (κ2) is 9.01. The third-order valence-electron chi connectivity index (χ3n) is 4.97. The van der Waals surface area contributed by atoms with Gasteiger partial charge in [0.15, 0.2) is 0 Å². The summed E-state index contributed by atoms with van der Waals surface area (Å²) in [6, 6.07) is 18.0. The first-order valence-corrected chi connectivity index (χ1v) is 10.7. The lowest BCUT2D eigenvalue weighted by molar-refractivity contribution is -0.115. The van der Waals surface area contributed by atoms with Crippen LogP contribution in [0.4, 0.5) is 5.69 Å². The summed E-state index contributed by atoms with van der Waals surface area (Å²) in [7, 11) is 0. The van der Waals surface area contributed by atoms with E-state index in [0.717, 1.165) is 39.5 Å². The molecule has 0 spiro atoms. The smallest absolute Gasteiger partial charge is 0.228 e. The molecule has 1 amide bonds. The summed E-state index contributed by atoms with van der Waals surface area (Å²) < 4.78 is 0. The first-order chi connectivity index (χ1) is 14.6. The zero-order valence-electron chi connectivity index (χ0n) is 17.1. The molecule has 0 unspecified atom stereocenters. The van der Waals surface area contributed by atoms with Crippen molar-refractivity contribution in [3.63, 3.8) is 0 Å². The molecule has 0 aliphatic rings. The van der Waals surface area contributed by atoms with Crippen LogP contribution in [0.2, 0.25) is 0 Å². The van der Waals surface area contributed by atoms with E-state index in [9.17, 15) is 4.79 Å². The first kappa shape index (κ1) is 20.0. The maximum absolute atomic E-state index is 12.5. The molecule has 5 heteroatoms. The van der Waals surface area contributed by atoms with E-state index in [2.05, 4.69) is 22.6 Å². The molecule has 0 saturated carbocycles. The number of hydrogen-bond donors (Lipinski definition) is 1. The minimum Gasteiger partial charge on any atom is -0.326 e. The van der Waals surface area contributed by atoms with Crippen LogP contribution in [0.3, 0.4) is 0 Å². The van der Waals surface area contributed by atoms with Gasteiger partial charge in [0.25, 0.3) is 0 Å². The number of aryl methyl sites for hydroxylation is 2. The molecule has 30 heavy (non-hydrogen) atoms. The van der Waals surface area contributed by atoms with E-state index in [1.54, 1.807) is 17.5 Å². The Kier molecular flexibility index (Phi) is 6.00. The van der Waals surface area contributed by atoms with Crippen LogP contribution in [0, 0.1) is 13.8 Å². The van der Waals surface area contributed by atoms with Crippen molar-refractivity contribution in [1.82, 2.24) is 9.97 Å². The highest BCUT2D eigenvalue weighted by atomic mass is 32.1. The second-order valence-corrected chi connectivity index (χ2v) is 8.34. The number of benzene rings is 2. The quantitative estimate of drug-likeness (QED) is 0.448. The highest BCUT2D eigenvalue weighted by Gasteiger charge is 2.10. The molecule has 2 aromatic heterocycles. The summed E-state index contributed by atoms with van der Waals surface area (Å²) in [5.41, 5.74) is 7.33. The van der Waals surface area contributed by atoms with Crippen molar-refractivity contribution >= 4 is 22.9 Å². The second-order valence-electron chi connectivity index (χ2n) is 7.40. The lowest BCUT2D eigenvalue weighted by atomic mass is 10.0. The van der Waals surface area contributed by atoms with Crippen LogP contribution in [-0.4, -0.2) is 15.9 Å². The van der Waals surface area contributed by atoms with Gasteiger partial charge in [-0.1, -0.05) is 35.9 Å². The monoisotopic (exact) mass is 413 g/mol. The Hall–Kier alpha value is -3.31. The molecule has 1 N–H and O–H groups in total. The van der Waals surface area contributed by atoms with Crippen molar-refractivity contribution < 1.29 is 4.79 Å². The average molecular weight is 414 g/mol. The van der Waals surface area contributed by atoms with E-state index in [1.807, 2.05) is 67.7 Å². The zero-order chi connectivity index (χ0) is 20.9. The highest BCUT2D eigenvalue weighted by molar-refractivity contribution is 7.10. The van der Waals surface area contributed by atoms with Gasteiger partial charge < -0.3 is 5.32 Å². The standard InChI is InChI=1S/C25H23N3OS/c1-17-5-8-19(9-6-17)12-24(29)27-22-10-7-18(2)21(13-22)14-25-28-23(16-30-25)20-4-3-11-26-15-20/h3-11,13,15-16H,12,14H2,1-2H3,(H,27,29). The lowest BCUT2D eigenvalue weighted by Crippen LogP contribution is -2.14. The Morgan fingerprint density at radius 3 is 2.67 bits per heavy atom. The van der Waals surface area contributed by atoms with E-state index < -0.39 is 0 Å².